The lowest BCUT2D eigenvalue weighted by Crippen LogP contribution is -2.34. The molecule has 1 radical (unpaired) electrons. The predicted octanol–water partition coefficient (Wildman–Crippen LogP) is 13.8. The standard InChI is InChI=1S/C39H73/c1-4-7-9-10-11-17-20-26-32-37(34(6-3)27-8-5-2)39(36-30-24-21-25-31-36)33-38(39)35-28-22-18-15-13-12-14-16-19-23-29-35/h34-36,38H,4-33H2,1-3H3. The van der Waals surface area contributed by atoms with Crippen LogP contribution in [-0.2, 0) is 0 Å². The Morgan fingerprint density at radius 1 is 0.564 bits per heavy atom. The molecule has 3 atom stereocenters. The Morgan fingerprint density at radius 3 is 1.62 bits per heavy atom. The molecule has 0 bridgehead atoms. The highest BCUT2D eigenvalue weighted by Gasteiger charge is 2.64. The first-order valence-electron chi connectivity index (χ1n) is 19.1. The molecule has 3 fully saturated rings. The Labute approximate surface area is 248 Å². The summed E-state index contributed by atoms with van der Waals surface area (Å²) in [6, 6.07) is 0. The lowest BCUT2D eigenvalue weighted by Gasteiger charge is -2.42. The van der Waals surface area contributed by atoms with Gasteiger partial charge in [0.2, 0.25) is 0 Å². The van der Waals surface area contributed by atoms with Crippen LogP contribution in [0.1, 0.15) is 213 Å². The summed E-state index contributed by atoms with van der Waals surface area (Å²) in [4.78, 5) is 0. The summed E-state index contributed by atoms with van der Waals surface area (Å²) in [6.07, 6.45) is 45.0. The molecule has 0 aromatic carbocycles. The van der Waals surface area contributed by atoms with Gasteiger partial charge in [0, 0.05) is 0 Å². The van der Waals surface area contributed by atoms with Crippen LogP contribution in [0.5, 0.6) is 0 Å². The molecule has 3 saturated carbocycles. The smallest absolute Gasteiger partial charge is 0.0143 e. The summed E-state index contributed by atoms with van der Waals surface area (Å²) in [7, 11) is 0. The number of hydrogen-bond acceptors (Lipinski definition) is 0. The first-order chi connectivity index (χ1) is 19.3. The van der Waals surface area contributed by atoms with Crippen molar-refractivity contribution in [2.75, 3.05) is 0 Å². The average Bonchev–Trinajstić information content (AvgIpc) is 3.70. The molecule has 0 amide bonds. The van der Waals surface area contributed by atoms with Gasteiger partial charge in [-0.3, -0.25) is 0 Å². The summed E-state index contributed by atoms with van der Waals surface area (Å²) in [5.41, 5.74) is 0.664. The molecule has 3 aliphatic rings. The SMILES string of the molecule is CCCCCCCCCC[C](C(CC)CCCC)C1(C2CCCCC2)CC1C1CCCCCCCCCCC1. The Hall–Kier alpha value is 0. The Bertz CT molecular complexity index is 561. The highest BCUT2D eigenvalue weighted by atomic mass is 14.7. The van der Waals surface area contributed by atoms with Gasteiger partial charge in [0.05, 0.1) is 0 Å². The van der Waals surface area contributed by atoms with E-state index >= 15 is 0 Å². The molecule has 0 aromatic rings. The maximum absolute atomic E-state index is 2.55. The zero-order chi connectivity index (χ0) is 27.6. The average molecular weight is 542 g/mol. The molecule has 0 aliphatic heterocycles. The fourth-order valence-electron chi connectivity index (χ4n) is 9.55. The fraction of sp³-hybridized carbons (Fsp3) is 0.974. The molecule has 0 heterocycles. The van der Waals surface area contributed by atoms with E-state index in [-0.39, 0.29) is 0 Å². The van der Waals surface area contributed by atoms with Crippen molar-refractivity contribution in [3.8, 4) is 0 Å². The maximum Gasteiger partial charge on any atom is -0.0143 e. The molecule has 0 heteroatoms. The molecule has 0 saturated heterocycles. The van der Waals surface area contributed by atoms with Crippen molar-refractivity contribution in [3.63, 3.8) is 0 Å². The third kappa shape index (κ3) is 11.0. The summed E-state index contributed by atoms with van der Waals surface area (Å²) in [6.45, 7) is 7.32. The van der Waals surface area contributed by atoms with E-state index in [9.17, 15) is 0 Å². The minimum atomic E-state index is 0.664. The summed E-state index contributed by atoms with van der Waals surface area (Å²) < 4.78 is 0. The van der Waals surface area contributed by atoms with Gasteiger partial charge in [-0.05, 0) is 67.1 Å². The molecule has 0 nitrogen and oxygen atoms in total. The van der Waals surface area contributed by atoms with E-state index in [1.165, 1.54) is 161 Å². The third-order valence-electron chi connectivity index (χ3n) is 11.9. The van der Waals surface area contributed by atoms with E-state index in [0.29, 0.717) is 5.41 Å². The molecule has 3 unspecified atom stereocenters. The number of hydrogen-bond donors (Lipinski definition) is 0. The summed E-state index contributed by atoms with van der Waals surface area (Å²) in [5, 5.41) is 0. The molecule has 229 valence electrons. The van der Waals surface area contributed by atoms with Crippen molar-refractivity contribution in [2.24, 2.45) is 29.1 Å². The highest BCUT2D eigenvalue weighted by molar-refractivity contribution is 5.25. The lowest BCUT2D eigenvalue weighted by atomic mass is 9.62. The Balaban J connectivity index is 1.73. The molecule has 0 aromatic heterocycles. The summed E-state index contributed by atoms with van der Waals surface area (Å²) >= 11 is 0. The van der Waals surface area contributed by atoms with Gasteiger partial charge in [-0.15, -0.1) is 0 Å². The molecule has 0 N–H and O–H groups in total. The first-order valence-corrected chi connectivity index (χ1v) is 19.1. The zero-order valence-corrected chi connectivity index (χ0v) is 27.5. The largest absolute Gasteiger partial charge is 0.0654 e. The van der Waals surface area contributed by atoms with Crippen LogP contribution < -0.4 is 0 Å². The van der Waals surface area contributed by atoms with E-state index in [4.69, 9.17) is 0 Å². The normalized spacial score (nSPS) is 27.2. The van der Waals surface area contributed by atoms with Crippen LogP contribution in [-0.4, -0.2) is 0 Å². The van der Waals surface area contributed by atoms with Crippen molar-refractivity contribution in [2.45, 2.75) is 213 Å². The summed E-state index contributed by atoms with van der Waals surface area (Å²) in [5.74, 6) is 6.23. The second kappa shape index (κ2) is 20.0. The van der Waals surface area contributed by atoms with Gasteiger partial charge in [-0.1, -0.05) is 181 Å². The predicted molar refractivity (Wildman–Crippen MR) is 175 cm³/mol. The minimum Gasteiger partial charge on any atom is -0.0654 e. The lowest BCUT2D eigenvalue weighted by molar-refractivity contribution is 0.158. The molecular weight excluding hydrogens is 468 g/mol. The second-order valence-electron chi connectivity index (χ2n) is 14.7. The van der Waals surface area contributed by atoms with Gasteiger partial charge in [-0.2, -0.15) is 0 Å². The van der Waals surface area contributed by atoms with Crippen LogP contribution in [0, 0.1) is 35.0 Å². The maximum atomic E-state index is 2.55. The number of unbranched alkanes of at least 4 members (excludes halogenated alkanes) is 8. The quantitative estimate of drug-likeness (QED) is 0.161. The monoisotopic (exact) mass is 542 g/mol. The molecule has 3 aliphatic carbocycles. The van der Waals surface area contributed by atoms with Crippen LogP contribution >= 0.6 is 0 Å². The van der Waals surface area contributed by atoms with E-state index in [1.54, 1.807) is 32.1 Å². The first kappa shape index (κ1) is 33.5. The van der Waals surface area contributed by atoms with E-state index in [2.05, 4.69) is 26.7 Å². The van der Waals surface area contributed by atoms with Gasteiger partial charge in [-0.25, -0.2) is 0 Å². The topological polar surface area (TPSA) is 0 Å². The van der Waals surface area contributed by atoms with Crippen LogP contribution in [0.15, 0.2) is 0 Å². The Morgan fingerprint density at radius 2 is 1.05 bits per heavy atom. The van der Waals surface area contributed by atoms with E-state index in [0.717, 1.165) is 23.7 Å². The van der Waals surface area contributed by atoms with Gasteiger partial charge in [0.15, 0.2) is 0 Å². The van der Waals surface area contributed by atoms with E-state index < -0.39 is 0 Å². The van der Waals surface area contributed by atoms with Gasteiger partial charge >= 0.3 is 0 Å². The molecule has 39 heavy (non-hydrogen) atoms. The third-order valence-corrected chi connectivity index (χ3v) is 11.9. The van der Waals surface area contributed by atoms with Gasteiger partial charge in [0.1, 0.15) is 0 Å². The van der Waals surface area contributed by atoms with Crippen molar-refractivity contribution in [3.05, 3.63) is 5.92 Å². The highest BCUT2D eigenvalue weighted by Crippen LogP contribution is 2.72. The van der Waals surface area contributed by atoms with Crippen LogP contribution in [0.4, 0.5) is 0 Å². The molecular formula is C39H73. The van der Waals surface area contributed by atoms with Crippen molar-refractivity contribution in [1.29, 1.82) is 0 Å². The van der Waals surface area contributed by atoms with Crippen LogP contribution in [0.25, 0.3) is 0 Å². The van der Waals surface area contributed by atoms with Gasteiger partial charge < -0.3 is 0 Å². The van der Waals surface area contributed by atoms with E-state index in [1.807, 2.05) is 0 Å². The molecule has 3 rings (SSSR count). The van der Waals surface area contributed by atoms with Crippen LogP contribution in [0.3, 0.4) is 0 Å². The molecule has 0 spiro atoms. The van der Waals surface area contributed by atoms with Crippen molar-refractivity contribution < 1.29 is 0 Å². The minimum absolute atomic E-state index is 0.664. The fourth-order valence-corrected chi connectivity index (χ4v) is 9.55. The van der Waals surface area contributed by atoms with Gasteiger partial charge in [0.25, 0.3) is 0 Å². The second-order valence-corrected chi connectivity index (χ2v) is 14.7. The van der Waals surface area contributed by atoms with Crippen LogP contribution in [0.2, 0.25) is 0 Å². The zero-order valence-electron chi connectivity index (χ0n) is 27.5. The Kier molecular flexibility index (Phi) is 17.2. The number of rotatable bonds is 17. The van der Waals surface area contributed by atoms with Crippen molar-refractivity contribution >= 4 is 0 Å². The van der Waals surface area contributed by atoms with Crippen molar-refractivity contribution in [1.82, 2.24) is 0 Å².